The molecule has 2 aromatic rings. The van der Waals surface area contributed by atoms with Crippen LogP contribution in [-0.2, 0) is 6.18 Å². The lowest BCUT2D eigenvalue weighted by Crippen LogP contribution is -2.13. The number of hydrogen-bond acceptors (Lipinski definition) is 4. The Bertz CT molecular complexity index is 658. The highest BCUT2D eigenvalue weighted by Gasteiger charge is 2.35. The normalized spacial score (nSPS) is 11.3. The SMILES string of the molecule is CNc1cc(Nc2ccc(C)cc2Br)nc(C(F)(F)F)n1. The number of halogens is 4. The van der Waals surface area contributed by atoms with Crippen molar-refractivity contribution in [3.8, 4) is 0 Å². The molecule has 0 saturated heterocycles. The molecular weight excluding hydrogens is 349 g/mol. The number of hydrogen-bond donors (Lipinski definition) is 2. The molecule has 1 heterocycles. The van der Waals surface area contributed by atoms with Gasteiger partial charge in [-0.1, -0.05) is 6.07 Å². The van der Waals surface area contributed by atoms with Gasteiger partial charge in [0.1, 0.15) is 11.6 Å². The van der Waals surface area contributed by atoms with E-state index in [2.05, 4.69) is 36.5 Å². The van der Waals surface area contributed by atoms with Gasteiger partial charge in [-0.05, 0) is 40.5 Å². The van der Waals surface area contributed by atoms with Crippen molar-refractivity contribution in [1.29, 1.82) is 0 Å². The molecule has 8 heteroatoms. The van der Waals surface area contributed by atoms with E-state index in [-0.39, 0.29) is 11.6 Å². The number of aromatic nitrogens is 2. The van der Waals surface area contributed by atoms with Gasteiger partial charge < -0.3 is 10.6 Å². The maximum absolute atomic E-state index is 12.8. The van der Waals surface area contributed by atoms with Crippen LogP contribution in [0.3, 0.4) is 0 Å². The molecule has 0 saturated carbocycles. The second-order valence-electron chi connectivity index (χ2n) is 4.32. The highest BCUT2D eigenvalue weighted by Crippen LogP contribution is 2.30. The molecule has 0 spiro atoms. The Balaban J connectivity index is 2.39. The van der Waals surface area contributed by atoms with Crippen molar-refractivity contribution in [1.82, 2.24) is 9.97 Å². The maximum atomic E-state index is 12.8. The molecule has 0 unspecified atom stereocenters. The lowest BCUT2D eigenvalue weighted by atomic mass is 10.2. The van der Waals surface area contributed by atoms with Crippen LogP contribution in [-0.4, -0.2) is 17.0 Å². The Hall–Kier alpha value is -1.83. The summed E-state index contributed by atoms with van der Waals surface area (Å²) in [5.74, 6) is -1.05. The van der Waals surface area contributed by atoms with E-state index >= 15 is 0 Å². The van der Waals surface area contributed by atoms with Gasteiger partial charge in [0.25, 0.3) is 0 Å². The van der Waals surface area contributed by atoms with Crippen LogP contribution in [0.2, 0.25) is 0 Å². The third-order valence-electron chi connectivity index (χ3n) is 2.62. The van der Waals surface area contributed by atoms with Crippen LogP contribution in [0, 0.1) is 6.92 Å². The van der Waals surface area contributed by atoms with Gasteiger partial charge in [-0.2, -0.15) is 13.2 Å². The van der Waals surface area contributed by atoms with E-state index in [0.717, 1.165) is 10.0 Å². The molecule has 112 valence electrons. The third-order valence-corrected chi connectivity index (χ3v) is 3.28. The lowest BCUT2D eigenvalue weighted by molar-refractivity contribution is -0.144. The van der Waals surface area contributed by atoms with Gasteiger partial charge in [-0.25, -0.2) is 9.97 Å². The standard InChI is InChI=1S/C13H12BrF3N4/c1-7-3-4-9(8(14)5-7)19-11-6-10(18-2)20-12(21-11)13(15,16)17/h3-6H,1-2H3,(H2,18,19,20,21). The van der Waals surface area contributed by atoms with Crippen molar-refractivity contribution in [2.45, 2.75) is 13.1 Å². The molecule has 0 atom stereocenters. The second kappa shape index (κ2) is 5.88. The van der Waals surface area contributed by atoms with Crippen molar-refractivity contribution in [3.63, 3.8) is 0 Å². The molecule has 0 aliphatic carbocycles. The zero-order valence-corrected chi connectivity index (χ0v) is 12.8. The van der Waals surface area contributed by atoms with Gasteiger partial charge in [0.2, 0.25) is 5.82 Å². The number of rotatable bonds is 3. The van der Waals surface area contributed by atoms with Crippen LogP contribution < -0.4 is 10.6 Å². The number of benzene rings is 1. The molecule has 0 fully saturated rings. The number of anilines is 3. The fourth-order valence-corrected chi connectivity index (χ4v) is 2.22. The molecule has 0 aliphatic heterocycles. The summed E-state index contributed by atoms with van der Waals surface area (Å²) in [6.45, 7) is 1.92. The summed E-state index contributed by atoms with van der Waals surface area (Å²) in [5.41, 5.74) is 1.65. The summed E-state index contributed by atoms with van der Waals surface area (Å²) < 4.78 is 39.0. The fourth-order valence-electron chi connectivity index (χ4n) is 1.63. The van der Waals surface area contributed by atoms with Gasteiger partial charge in [0.05, 0.1) is 5.69 Å². The van der Waals surface area contributed by atoms with E-state index in [1.165, 1.54) is 13.1 Å². The Morgan fingerprint density at radius 1 is 1.10 bits per heavy atom. The third kappa shape index (κ3) is 3.84. The highest BCUT2D eigenvalue weighted by molar-refractivity contribution is 9.10. The van der Waals surface area contributed by atoms with Gasteiger partial charge in [-0.15, -0.1) is 0 Å². The highest BCUT2D eigenvalue weighted by atomic mass is 79.9. The molecular formula is C13H12BrF3N4. The topological polar surface area (TPSA) is 49.8 Å². The number of nitrogens with zero attached hydrogens (tertiary/aromatic N) is 2. The molecule has 0 bridgehead atoms. The zero-order valence-electron chi connectivity index (χ0n) is 11.2. The second-order valence-corrected chi connectivity index (χ2v) is 5.17. The summed E-state index contributed by atoms with van der Waals surface area (Å²) in [6.07, 6.45) is -4.60. The van der Waals surface area contributed by atoms with Crippen molar-refractivity contribution >= 4 is 33.3 Å². The molecule has 4 nitrogen and oxygen atoms in total. The van der Waals surface area contributed by atoms with E-state index in [1.807, 2.05) is 19.1 Å². The number of nitrogens with one attached hydrogen (secondary N) is 2. The summed E-state index contributed by atoms with van der Waals surface area (Å²) in [6, 6.07) is 6.86. The van der Waals surface area contributed by atoms with Crippen molar-refractivity contribution in [2.75, 3.05) is 17.7 Å². The van der Waals surface area contributed by atoms with Gasteiger partial charge in [-0.3, -0.25) is 0 Å². The Kier molecular flexibility index (Phi) is 4.36. The van der Waals surface area contributed by atoms with Gasteiger partial charge in [0.15, 0.2) is 0 Å². The Morgan fingerprint density at radius 3 is 2.33 bits per heavy atom. The summed E-state index contributed by atoms with van der Waals surface area (Å²) >= 11 is 3.35. The molecule has 21 heavy (non-hydrogen) atoms. The predicted molar refractivity (Wildman–Crippen MR) is 78.7 cm³/mol. The minimum absolute atomic E-state index is 0.0613. The maximum Gasteiger partial charge on any atom is 0.451 e. The molecule has 1 aromatic carbocycles. The van der Waals surface area contributed by atoms with Crippen molar-refractivity contribution in [2.24, 2.45) is 0 Å². The van der Waals surface area contributed by atoms with Crippen LogP contribution in [0.15, 0.2) is 28.7 Å². The minimum Gasteiger partial charge on any atom is -0.373 e. The van der Waals surface area contributed by atoms with Crippen LogP contribution in [0.25, 0.3) is 0 Å². The lowest BCUT2D eigenvalue weighted by Gasteiger charge is -2.12. The van der Waals surface area contributed by atoms with Gasteiger partial charge in [0, 0.05) is 17.6 Å². The summed E-state index contributed by atoms with van der Waals surface area (Å²) in [7, 11) is 1.49. The summed E-state index contributed by atoms with van der Waals surface area (Å²) in [4.78, 5) is 6.91. The molecule has 0 radical (unpaired) electrons. The first-order chi connectivity index (χ1) is 9.79. The average Bonchev–Trinajstić information content (AvgIpc) is 2.40. The molecule has 2 N–H and O–H groups in total. The van der Waals surface area contributed by atoms with Crippen LogP contribution >= 0.6 is 15.9 Å². The molecule has 0 amide bonds. The largest absolute Gasteiger partial charge is 0.451 e. The van der Waals surface area contributed by atoms with E-state index in [1.54, 1.807) is 6.07 Å². The van der Waals surface area contributed by atoms with E-state index in [4.69, 9.17) is 0 Å². The summed E-state index contributed by atoms with van der Waals surface area (Å²) in [5, 5.41) is 5.44. The first-order valence-corrected chi connectivity index (χ1v) is 6.76. The average molecular weight is 361 g/mol. The number of aryl methyl sites for hydroxylation is 1. The number of alkyl halides is 3. The first-order valence-electron chi connectivity index (χ1n) is 5.97. The van der Waals surface area contributed by atoms with Gasteiger partial charge >= 0.3 is 6.18 Å². The van der Waals surface area contributed by atoms with Crippen LogP contribution in [0.1, 0.15) is 11.4 Å². The minimum atomic E-state index is -4.60. The fraction of sp³-hybridized carbons (Fsp3) is 0.231. The molecule has 2 rings (SSSR count). The van der Waals surface area contributed by atoms with E-state index in [9.17, 15) is 13.2 Å². The molecule has 1 aromatic heterocycles. The smallest absolute Gasteiger partial charge is 0.373 e. The van der Waals surface area contributed by atoms with E-state index in [0.29, 0.717) is 5.69 Å². The Morgan fingerprint density at radius 2 is 1.76 bits per heavy atom. The molecule has 0 aliphatic rings. The first kappa shape index (κ1) is 15.6. The monoisotopic (exact) mass is 360 g/mol. The van der Waals surface area contributed by atoms with Crippen molar-refractivity contribution in [3.05, 3.63) is 40.1 Å². The Labute approximate surface area is 127 Å². The van der Waals surface area contributed by atoms with Crippen LogP contribution in [0.5, 0.6) is 0 Å². The predicted octanol–water partition coefficient (Wildman–Crippen LogP) is 4.35. The zero-order chi connectivity index (χ0) is 15.6. The quantitative estimate of drug-likeness (QED) is 0.854. The van der Waals surface area contributed by atoms with E-state index < -0.39 is 12.0 Å². The van der Waals surface area contributed by atoms with Crippen molar-refractivity contribution < 1.29 is 13.2 Å². The van der Waals surface area contributed by atoms with Crippen LogP contribution in [0.4, 0.5) is 30.5 Å².